The van der Waals surface area contributed by atoms with E-state index in [0.717, 1.165) is 5.56 Å². The SMILES string of the molecule is COc1ccc(C(=O)NN=C(C)c2cccc(O)c2)cc1. The van der Waals surface area contributed by atoms with Gasteiger partial charge in [-0.1, -0.05) is 12.1 Å². The summed E-state index contributed by atoms with van der Waals surface area (Å²) in [4.78, 5) is 11.9. The lowest BCUT2D eigenvalue weighted by Crippen LogP contribution is -2.19. The first-order chi connectivity index (χ1) is 10.1. The third-order valence-corrected chi connectivity index (χ3v) is 2.94. The van der Waals surface area contributed by atoms with E-state index in [1.165, 1.54) is 0 Å². The smallest absolute Gasteiger partial charge is 0.271 e. The first-order valence-corrected chi connectivity index (χ1v) is 6.38. The number of hydrogen-bond acceptors (Lipinski definition) is 4. The number of nitrogens with one attached hydrogen (secondary N) is 1. The van der Waals surface area contributed by atoms with Crippen LogP contribution in [0.1, 0.15) is 22.8 Å². The molecule has 0 saturated carbocycles. The highest BCUT2D eigenvalue weighted by molar-refractivity contribution is 6.01. The predicted octanol–water partition coefficient (Wildman–Crippen LogP) is 2.55. The number of phenols is 1. The number of nitrogens with zero attached hydrogens (tertiary/aromatic N) is 1. The first-order valence-electron chi connectivity index (χ1n) is 6.38. The van der Waals surface area contributed by atoms with Gasteiger partial charge in [0, 0.05) is 11.1 Å². The zero-order valence-electron chi connectivity index (χ0n) is 11.8. The number of benzene rings is 2. The zero-order valence-corrected chi connectivity index (χ0v) is 11.8. The predicted molar refractivity (Wildman–Crippen MR) is 80.8 cm³/mol. The third kappa shape index (κ3) is 3.82. The maximum absolute atomic E-state index is 11.9. The summed E-state index contributed by atoms with van der Waals surface area (Å²) >= 11 is 0. The molecule has 0 aromatic heterocycles. The van der Waals surface area contributed by atoms with Crippen LogP contribution in [0.15, 0.2) is 53.6 Å². The maximum Gasteiger partial charge on any atom is 0.271 e. The van der Waals surface area contributed by atoms with Crippen LogP contribution in [-0.2, 0) is 0 Å². The van der Waals surface area contributed by atoms with E-state index in [2.05, 4.69) is 10.5 Å². The molecule has 1 amide bonds. The fourth-order valence-corrected chi connectivity index (χ4v) is 1.74. The normalized spacial score (nSPS) is 11.0. The molecule has 5 nitrogen and oxygen atoms in total. The summed E-state index contributed by atoms with van der Waals surface area (Å²) in [5.74, 6) is 0.534. The van der Waals surface area contributed by atoms with Crippen LogP contribution < -0.4 is 10.2 Å². The third-order valence-electron chi connectivity index (χ3n) is 2.94. The summed E-state index contributed by atoms with van der Waals surface area (Å²) in [5, 5.41) is 13.4. The highest BCUT2D eigenvalue weighted by Gasteiger charge is 2.05. The van der Waals surface area contributed by atoms with Crippen molar-refractivity contribution in [1.29, 1.82) is 0 Å². The van der Waals surface area contributed by atoms with Crippen molar-refractivity contribution < 1.29 is 14.6 Å². The highest BCUT2D eigenvalue weighted by atomic mass is 16.5. The average molecular weight is 284 g/mol. The van der Waals surface area contributed by atoms with Crippen LogP contribution in [-0.4, -0.2) is 23.8 Å². The quantitative estimate of drug-likeness (QED) is 0.669. The summed E-state index contributed by atoms with van der Waals surface area (Å²) in [6.45, 7) is 1.75. The van der Waals surface area contributed by atoms with E-state index in [4.69, 9.17) is 4.74 Å². The van der Waals surface area contributed by atoms with E-state index < -0.39 is 0 Å². The molecule has 0 aliphatic rings. The molecule has 0 atom stereocenters. The molecule has 2 rings (SSSR count). The Morgan fingerprint density at radius 2 is 1.86 bits per heavy atom. The zero-order chi connectivity index (χ0) is 15.2. The van der Waals surface area contributed by atoms with Crippen molar-refractivity contribution in [2.45, 2.75) is 6.92 Å². The second-order valence-electron chi connectivity index (χ2n) is 4.42. The Kier molecular flexibility index (Phi) is 4.56. The van der Waals surface area contributed by atoms with E-state index in [1.807, 2.05) is 0 Å². The molecule has 0 saturated heterocycles. The first kappa shape index (κ1) is 14.6. The summed E-state index contributed by atoms with van der Waals surface area (Å²) in [6, 6.07) is 13.4. The van der Waals surface area contributed by atoms with Gasteiger partial charge in [0.25, 0.3) is 5.91 Å². The van der Waals surface area contributed by atoms with Gasteiger partial charge < -0.3 is 9.84 Å². The van der Waals surface area contributed by atoms with Crippen molar-refractivity contribution in [1.82, 2.24) is 5.43 Å². The molecule has 21 heavy (non-hydrogen) atoms. The van der Waals surface area contributed by atoms with E-state index in [9.17, 15) is 9.90 Å². The number of carbonyl (C=O) groups is 1. The van der Waals surface area contributed by atoms with Gasteiger partial charge in [-0.05, 0) is 43.3 Å². The van der Waals surface area contributed by atoms with E-state index in [-0.39, 0.29) is 11.7 Å². The van der Waals surface area contributed by atoms with Gasteiger partial charge in [-0.2, -0.15) is 5.10 Å². The van der Waals surface area contributed by atoms with Crippen molar-refractivity contribution in [3.63, 3.8) is 0 Å². The highest BCUT2D eigenvalue weighted by Crippen LogP contribution is 2.12. The van der Waals surface area contributed by atoms with Gasteiger partial charge in [-0.3, -0.25) is 4.79 Å². The molecule has 2 aromatic carbocycles. The largest absolute Gasteiger partial charge is 0.508 e. The molecule has 0 aliphatic heterocycles. The van der Waals surface area contributed by atoms with Gasteiger partial charge in [0.05, 0.1) is 12.8 Å². The summed E-state index contributed by atoms with van der Waals surface area (Å²) < 4.78 is 5.03. The lowest BCUT2D eigenvalue weighted by molar-refractivity contribution is 0.0955. The minimum absolute atomic E-state index is 0.156. The second-order valence-corrected chi connectivity index (χ2v) is 4.42. The minimum Gasteiger partial charge on any atom is -0.508 e. The Labute approximate surface area is 122 Å². The van der Waals surface area contributed by atoms with Gasteiger partial charge in [0.2, 0.25) is 0 Å². The van der Waals surface area contributed by atoms with Crippen LogP contribution in [0.2, 0.25) is 0 Å². The Bertz CT molecular complexity index is 663. The number of ether oxygens (including phenoxy) is 1. The Balaban J connectivity index is 2.06. The Morgan fingerprint density at radius 3 is 2.48 bits per heavy atom. The number of amides is 1. The Morgan fingerprint density at radius 1 is 1.14 bits per heavy atom. The van der Waals surface area contributed by atoms with E-state index in [1.54, 1.807) is 62.6 Å². The molecule has 2 aromatic rings. The molecule has 108 valence electrons. The van der Waals surface area contributed by atoms with Crippen molar-refractivity contribution in [2.24, 2.45) is 5.10 Å². The number of hydrazone groups is 1. The number of rotatable bonds is 4. The molecule has 0 aliphatic carbocycles. The van der Waals surface area contributed by atoms with Crippen LogP contribution in [0, 0.1) is 0 Å². The number of aromatic hydroxyl groups is 1. The van der Waals surface area contributed by atoms with Gasteiger partial charge in [0.15, 0.2) is 0 Å². The van der Waals surface area contributed by atoms with Crippen LogP contribution in [0.25, 0.3) is 0 Å². The van der Waals surface area contributed by atoms with Crippen LogP contribution >= 0.6 is 0 Å². The van der Waals surface area contributed by atoms with Gasteiger partial charge in [-0.25, -0.2) is 5.43 Å². The number of methoxy groups -OCH3 is 1. The number of hydrogen-bond donors (Lipinski definition) is 2. The molecule has 0 unspecified atom stereocenters. The van der Waals surface area contributed by atoms with Gasteiger partial charge in [0.1, 0.15) is 11.5 Å². The summed E-state index contributed by atoms with van der Waals surface area (Å²) in [6.07, 6.45) is 0. The van der Waals surface area contributed by atoms with Crippen molar-refractivity contribution in [2.75, 3.05) is 7.11 Å². The summed E-state index contributed by atoms with van der Waals surface area (Å²) in [7, 11) is 1.57. The standard InChI is InChI=1S/C16H16N2O3/c1-11(13-4-3-5-14(19)10-13)17-18-16(20)12-6-8-15(21-2)9-7-12/h3-10,19H,1-2H3,(H,18,20). The summed E-state index contributed by atoms with van der Waals surface area (Å²) in [5.41, 5.74) is 4.32. The lowest BCUT2D eigenvalue weighted by Gasteiger charge is -2.04. The van der Waals surface area contributed by atoms with Crippen LogP contribution in [0.3, 0.4) is 0 Å². The fourth-order valence-electron chi connectivity index (χ4n) is 1.74. The molecule has 0 heterocycles. The number of phenolic OH excluding ortho intramolecular Hbond substituents is 1. The molecule has 0 fully saturated rings. The topological polar surface area (TPSA) is 70.9 Å². The van der Waals surface area contributed by atoms with E-state index >= 15 is 0 Å². The van der Waals surface area contributed by atoms with Crippen LogP contribution in [0.5, 0.6) is 11.5 Å². The Hall–Kier alpha value is -2.82. The van der Waals surface area contributed by atoms with E-state index in [0.29, 0.717) is 17.0 Å². The van der Waals surface area contributed by atoms with Crippen LogP contribution in [0.4, 0.5) is 0 Å². The molecule has 0 spiro atoms. The van der Waals surface area contributed by atoms with Crippen molar-refractivity contribution in [3.05, 3.63) is 59.7 Å². The van der Waals surface area contributed by atoms with Crippen molar-refractivity contribution in [3.8, 4) is 11.5 Å². The molecule has 0 radical (unpaired) electrons. The number of carbonyl (C=O) groups excluding carboxylic acids is 1. The minimum atomic E-state index is -0.308. The maximum atomic E-state index is 11.9. The monoisotopic (exact) mass is 284 g/mol. The molecular weight excluding hydrogens is 268 g/mol. The van der Waals surface area contributed by atoms with Gasteiger partial charge in [-0.15, -0.1) is 0 Å². The van der Waals surface area contributed by atoms with Gasteiger partial charge >= 0.3 is 0 Å². The fraction of sp³-hybridized carbons (Fsp3) is 0.125. The molecular formula is C16H16N2O3. The second kappa shape index (κ2) is 6.56. The molecule has 0 bridgehead atoms. The molecule has 2 N–H and O–H groups in total. The average Bonchev–Trinajstić information content (AvgIpc) is 2.52. The molecule has 5 heteroatoms. The van der Waals surface area contributed by atoms with Crippen molar-refractivity contribution >= 4 is 11.6 Å². The lowest BCUT2D eigenvalue weighted by atomic mass is 10.1.